The summed E-state index contributed by atoms with van der Waals surface area (Å²) in [6, 6.07) is 11.8. The molecule has 138 valence electrons. The molecule has 1 atom stereocenters. The van der Waals surface area contributed by atoms with Crippen molar-refractivity contribution >= 4 is 21.6 Å². The van der Waals surface area contributed by atoms with Gasteiger partial charge in [-0.1, -0.05) is 18.2 Å². The van der Waals surface area contributed by atoms with Crippen LogP contribution in [-0.2, 0) is 20.6 Å². The largest absolute Gasteiger partial charge is 0.497 e. The zero-order chi connectivity index (χ0) is 18.7. The number of hydrogen-bond donors (Lipinski definition) is 1. The predicted molar refractivity (Wildman–Crippen MR) is 95.9 cm³/mol. The van der Waals surface area contributed by atoms with Crippen LogP contribution in [0.15, 0.2) is 48.5 Å². The van der Waals surface area contributed by atoms with Gasteiger partial charge >= 0.3 is 0 Å². The predicted octanol–water partition coefficient (Wildman–Crippen LogP) is 2.06. The number of methoxy groups -OCH3 is 1. The van der Waals surface area contributed by atoms with Crippen LogP contribution in [0.4, 0.5) is 10.1 Å². The van der Waals surface area contributed by atoms with E-state index in [1.54, 1.807) is 37.4 Å². The van der Waals surface area contributed by atoms with Crippen molar-refractivity contribution in [2.45, 2.75) is 18.2 Å². The summed E-state index contributed by atoms with van der Waals surface area (Å²) in [4.78, 5) is 14.1. The van der Waals surface area contributed by atoms with Crippen LogP contribution < -0.4 is 14.4 Å². The van der Waals surface area contributed by atoms with Gasteiger partial charge in [0.25, 0.3) is 0 Å². The summed E-state index contributed by atoms with van der Waals surface area (Å²) in [5.74, 6) is -0.753. The molecule has 1 N–H and O–H groups in total. The molecule has 3 rings (SSSR count). The maximum absolute atomic E-state index is 13.7. The van der Waals surface area contributed by atoms with E-state index < -0.39 is 27.6 Å². The molecule has 0 radical (unpaired) electrons. The minimum atomic E-state index is -3.85. The molecule has 0 spiro atoms. The minimum Gasteiger partial charge on any atom is -0.497 e. The third-order valence-electron chi connectivity index (χ3n) is 4.21. The molecule has 1 aliphatic rings. The summed E-state index contributed by atoms with van der Waals surface area (Å²) in [7, 11) is -2.30. The van der Waals surface area contributed by atoms with Gasteiger partial charge in [0.1, 0.15) is 17.6 Å². The van der Waals surface area contributed by atoms with E-state index >= 15 is 0 Å². The first-order valence-electron chi connectivity index (χ1n) is 8.08. The molecule has 0 aromatic heterocycles. The molecule has 2 aromatic carbocycles. The van der Waals surface area contributed by atoms with Crippen LogP contribution in [0, 0.1) is 5.82 Å². The van der Waals surface area contributed by atoms with Gasteiger partial charge in [-0.3, -0.25) is 4.79 Å². The van der Waals surface area contributed by atoms with E-state index in [1.807, 2.05) is 0 Å². The van der Waals surface area contributed by atoms with E-state index in [0.29, 0.717) is 24.4 Å². The Morgan fingerprint density at radius 2 is 1.88 bits per heavy atom. The Hall–Kier alpha value is -2.45. The van der Waals surface area contributed by atoms with Crippen molar-refractivity contribution < 1.29 is 22.3 Å². The highest BCUT2D eigenvalue weighted by Gasteiger charge is 2.35. The standard InChI is InChI=1S/C18H19FN2O4S/c1-25-15-8-6-14(7-9-15)21-11-10-17(18(21)22)20-26(23,24)12-13-4-2-3-5-16(13)19/h2-9,17,20H,10-12H2,1H3/t17-/m1/s1. The molecule has 1 amide bonds. The van der Waals surface area contributed by atoms with Crippen molar-refractivity contribution in [3.8, 4) is 5.75 Å². The highest BCUT2D eigenvalue weighted by atomic mass is 32.2. The second kappa shape index (κ2) is 7.43. The van der Waals surface area contributed by atoms with Gasteiger partial charge in [-0.05, 0) is 36.8 Å². The van der Waals surface area contributed by atoms with Gasteiger partial charge in [-0.2, -0.15) is 0 Å². The smallest absolute Gasteiger partial charge is 0.245 e. The van der Waals surface area contributed by atoms with E-state index in [-0.39, 0.29) is 11.5 Å². The highest BCUT2D eigenvalue weighted by molar-refractivity contribution is 7.88. The van der Waals surface area contributed by atoms with Gasteiger partial charge < -0.3 is 9.64 Å². The number of halogens is 1. The molecule has 8 heteroatoms. The molecular weight excluding hydrogens is 359 g/mol. The third kappa shape index (κ3) is 4.03. The number of carbonyl (C=O) groups is 1. The average Bonchev–Trinajstić information content (AvgIpc) is 2.97. The van der Waals surface area contributed by atoms with Crippen molar-refractivity contribution in [2.75, 3.05) is 18.6 Å². The zero-order valence-corrected chi connectivity index (χ0v) is 15.0. The molecule has 6 nitrogen and oxygen atoms in total. The molecule has 1 saturated heterocycles. The number of ether oxygens (including phenoxy) is 1. The van der Waals surface area contributed by atoms with Crippen molar-refractivity contribution in [2.24, 2.45) is 0 Å². The zero-order valence-electron chi connectivity index (χ0n) is 14.2. The lowest BCUT2D eigenvalue weighted by Gasteiger charge is -2.17. The van der Waals surface area contributed by atoms with Gasteiger partial charge in [-0.15, -0.1) is 0 Å². The number of benzene rings is 2. The summed E-state index contributed by atoms with van der Waals surface area (Å²) < 4.78 is 45.8. The summed E-state index contributed by atoms with van der Waals surface area (Å²) in [6.45, 7) is 0.401. The Kier molecular flexibility index (Phi) is 5.24. The number of anilines is 1. The van der Waals surface area contributed by atoms with Crippen LogP contribution >= 0.6 is 0 Å². The van der Waals surface area contributed by atoms with Gasteiger partial charge in [0, 0.05) is 17.8 Å². The monoisotopic (exact) mass is 378 g/mol. The normalized spacial score (nSPS) is 17.5. The first-order chi connectivity index (χ1) is 12.4. The topological polar surface area (TPSA) is 75.7 Å². The minimum absolute atomic E-state index is 0.0671. The SMILES string of the molecule is COc1ccc(N2CC[C@@H](NS(=O)(=O)Cc3ccccc3F)C2=O)cc1. The molecule has 0 aliphatic carbocycles. The third-order valence-corrected chi connectivity index (χ3v) is 5.55. The fourth-order valence-electron chi connectivity index (χ4n) is 2.89. The molecule has 0 unspecified atom stereocenters. The number of amides is 1. The average molecular weight is 378 g/mol. The molecule has 0 saturated carbocycles. The maximum atomic E-state index is 13.7. The van der Waals surface area contributed by atoms with Gasteiger partial charge in [0.15, 0.2) is 0 Å². The Balaban J connectivity index is 1.68. The van der Waals surface area contributed by atoms with Crippen LogP contribution in [0.3, 0.4) is 0 Å². The van der Waals surface area contributed by atoms with Gasteiger partial charge in [0.2, 0.25) is 15.9 Å². The Morgan fingerprint density at radius 1 is 1.19 bits per heavy atom. The molecular formula is C18H19FN2O4S. The Morgan fingerprint density at radius 3 is 2.54 bits per heavy atom. The number of hydrogen-bond acceptors (Lipinski definition) is 4. The van der Waals surface area contributed by atoms with E-state index in [0.717, 1.165) is 0 Å². The van der Waals surface area contributed by atoms with Crippen LogP contribution in [0.2, 0.25) is 0 Å². The fraction of sp³-hybridized carbons (Fsp3) is 0.278. The highest BCUT2D eigenvalue weighted by Crippen LogP contribution is 2.24. The number of carbonyl (C=O) groups excluding carboxylic acids is 1. The number of nitrogens with zero attached hydrogens (tertiary/aromatic N) is 1. The second-order valence-electron chi connectivity index (χ2n) is 6.00. The van der Waals surface area contributed by atoms with Crippen LogP contribution in [-0.4, -0.2) is 34.0 Å². The van der Waals surface area contributed by atoms with E-state index in [2.05, 4.69) is 4.72 Å². The van der Waals surface area contributed by atoms with E-state index in [1.165, 1.54) is 23.1 Å². The molecule has 1 heterocycles. The first kappa shape index (κ1) is 18.3. The van der Waals surface area contributed by atoms with E-state index in [9.17, 15) is 17.6 Å². The second-order valence-corrected chi connectivity index (χ2v) is 7.75. The molecule has 0 bridgehead atoms. The number of rotatable bonds is 6. The van der Waals surface area contributed by atoms with Crippen molar-refractivity contribution in [3.05, 3.63) is 59.9 Å². The fourth-order valence-corrected chi connectivity index (χ4v) is 4.27. The molecule has 2 aromatic rings. The van der Waals surface area contributed by atoms with Gasteiger partial charge in [0.05, 0.1) is 12.9 Å². The number of nitrogens with one attached hydrogen (secondary N) is 1. The first-order valence-corrected chi connectivity index (χ1v) is 9.74. The molecule has 1 aliphatic heterocycles. The van der Waals surface area contributed by atoms with Crippen molar-refractivity contribution in [3.63, 3.8) is 0 Å². The summed E-state index contributed by atoms with van der Waals surface area (Å²) in [5.41, 5.74) is 0.740. The summed E-state index contributed by atoms with van der Waals surface area (Å²) in [6.07, 6.45) is 0.349. The van der Waals surface area contributed by atoms with Crippen molar-refractivity contribution in [1.29, 1.82) is 0 Å². The lowest BCUT2D eigenvalue weighted by molar-refractivity contribution is -0.118. The van der Waals surface area contributed by atoms with Crippen LogP contribution in [0.5, 0.6) is 5.75 Å². The summed E-state index contributed by atoms with van der Waals surface area (Å²) >= 11 is 0. The van der Waals surface area contributed by atoms with Gasteiger partial charge in [-0.25, -0.2) is 17.5 Å². The van der Waals surface area contributed by atoms with Crippen molar-refractivity contribution in [1.82, 2.24) is 4.72 Å². The quantitative estimate of drug-likeness (QED) is 0.835. The lowest BCUT2D eigenvalue weighted by Crippen LogP contribution is -2.42. The maximum Gasteiger partial charge on any atom is 0.245 e. The molecule has 1 fully saturated rings. The summed E-state index contributed by atoms with van der Waals surface area (Å²) in [5, 5.41) is 0. The van der Waals surface area contributed by atoms with E-state index in [4.69, 9.17) is 4.74 Å². The lowest BCUT2D eigenvalue weighted by atomic mass is 10.2. The molecule has 26 heavy (non-hydrogen) atoms. The Labute approximate surface area is 151 Å². The van der Waals surface area contributed by atoms with Crippen LogP contribution in [0.1, 0.15) is 12.0 Å². The Bertz CT molecular complexity index is 900. The van der Waals surface area contributed by atoms with Crippen LogP contribution in [0.25, 0.3) is 0 Å². The number of sulfonamides is 1.